The molecule has 1 fully saturated rings. The summed E-state index contributed by atoms with van der Waals surface area (Å²) in [4.78, 5) is 17.4. The highest BCUT2D eigenvalue weighted by Crippen LogP contribution is 2.20. The summed E-state index contributed by atoms with van der Waals surface area (Å²) in [7, 11) is 2.68. The molecule has 1 aromatic rings. The molecule has 150 valence electrons. The van der Waals surface area contributed by atoms with Crippen molar-refractivity contribution in [3.8, 4) is 0 Å². The van der Waals surface area contributed by atoms with Crippen LogP contribution in [-0.4, -0.2) is 54.5 Å². The van der Waals surface area contributed by atoms with E-state index in [1.807, 2.05) is 25.1 Å². The lowest BCUT2D eigenvalue weighted by Crippen LogP contribution is -2.40. The van der Waals surface area contributed by atoms with Crippen LogP contribution in [0.2, 0.25) is 0 Å². The molecule has 27 heavy (non-hydrogen) atoms. The molecule has 2 unspecified atom stereocenters. The lowest BCUT2D eigenvalue weighted by molar-refractivity contribution is 0.0954. The minimum absolute atomic E-state index is 0.0389. The Hall–Kier alpha value is -1.38. The highest BCUT2D eigenvalue weighted by molar-refractivity contribution is 7.27. The van der Waals surface area contributed by atoms with E-state index in [0.29, 0.717) is 24.1 Å². The summed E-state index contributed by atoms with van der Waals surface area (Å²) in [5.74, 6) is 0.646. The molecule has 1 amide bonds. The van der Waals surface area contributed by atoms with Gasteiger partial charge in [0.25, 0.3) is 5.91 Å². The third-order valence-corrected chi connectivity index (χ3v) is 5.85. The molecule has 2 rings (SSSR count). The predicted molar refractivity (Wildman–Crippen MR) is 119 cm³/mol. The lowest BCUT2D eigenvalue weighted by atomic mass is 10.1. The van der Waals surface area contributed by atoms with Crippen LogP contribution in [0.3, 0.4) is 0 Å². The first-order chi connectivity index (χ1) is 12.8. The van der Waals surface area contributed by atoms with Crippen LogP contribution in [0, 0.1) is 12.8 Å². The van der Waals surface area contributed by atoms with Crippen LogP contribution >= 0.6 is 9.24 Å². The topological polar surface area (TPSA) is 35.6 Å². The van der Waals surface area contributed by atoms with Gasteiger partial charge in [-0.3, -0.25) is 9.69 Å². The Labute approximate surface area is 167 Å². The number of likely N-dealkylation sites (tertiary alicyclic amines) is 1. The number of hydrogen-bond donors (Lipinski definition) is 1. The van der Waals surface area contributed by atoms with Crippen LogP contribution in [0.5, 0.6) is 0 Å². The summed E-state index contributed by atoms with van der Waals surface area (Å²) in [5, 5.41) is 4.08. The fourth-order valence-electron chi connectivity index (χ4n) is 3.68. The van der Waals surface area contributed by atoms with Gasteiger partial charge < -0.3 is 10.2 Å². The van der Waals surface area contributed by atoms with E-state index in [1.54, 1.807) is 0 Å². The SMILES string of the molecule is C=C(CNC(=O)c1ccc(C)c(P)c1)N1CCC(N(CCC)CC(C)C)C1. The van der Waals surface area contributed by atoms with E-state index in [2.05, 4.69) is 51.7 Å². The Bertz CT molecular complexity index is 659. The highest BCUT2D eigenvalue weighted by atomic mass is 31.0. The van der Waals surface area contributed by atoms with Crippen LogP contribution in [0.25, 0.3) is 0 Å². The number of hydrogen-bond acceptors (Lipinski definition) is 3. The van der Waals surface area contributed by atoms with E-state index in [9.17, 15) is 4.79 Å². The number of rotatable bonds is 9. The summed E-state index contributed by atoms with van der Waals surface area (Å²) in [6.07, 6.45) is 2.36. The molecule has 0 spiro atoms. The number of aryl methyl sites for hydroxylation is 1. The third-order valence-electron chi connectivity index (χ3n) is 5.23. The smallest absolute Gasteiger partial charge is 0.251 e. The second-order valence-corrected chi connectivity index (χ2v) is 8.72. The van der Waals surface area contributed by atoms with Gasteiger partial charge in [0.15, 0.2) is 0 Å². The van der Waals surface area contributed by atoms with Crippen molar-refractivity contribution >= 4 is 20.5 Å². The van der Waals surface area contributed by atoms with Crippen LogP contribution in [0.4, 0.5) is 0 Å². The van der Waals surface area contributed by atoms with E-state index < -0.39 is 0 Å². The summed E-state index contributed by atoms with van der Waals surface area (Å²) in [5.41, 5.74) is 2.87. The van der Waals surface area contributed by atoms with Crippen molar-refractivity contribution in [3.63, 3.8) is 0 Å². The molecule has 1 heterocycles. The van der Waals surface area contributed by atoms with Gasteiger partial charge in [0.05, 0.1) is 6.54 Å². The van der Waals surface area contributed by atoms with Crippen molar-refractivity contribution in [1.29, 1.82) is 0 Å². The van der Waals surface area contributed by atoms with Gasteiger partial charge in [0, 0.05) is 36.9 Å². The Balaban J connectivity index is 1.85. The molecule has 0 bridgehead atoms. The highest BCUT2D eigenvalue weighted by Gasteiger charge is 2.28. The number of amides is 1. The van der Waals surface area contributed by atoms with E-state index in [1.165, 1.54) is 18.4 Å². The molecule has 1 N–H and O–H groups in total. The second-order valence-electron chi connectivity index (χ2n) is 8.10. The molecule has 0 aromatic heterocycles. The predicted octanol–water partition coefficient (Wildman–Crippen LogP) is 3.18. The molecule has 1 saturated heterocycles. The van der Waals surface area contributed by atoms with Crippen LogP contribution in [0.1, 0.15) is 49.5 Å². The standard InChI is InChI=1S/C22H36N3OP/c1-6-10-25(14-16(2)3)20-9-11-24(15-20)18(5)13-23-22(26)19-8-7-17(4)21(27)12-19/h7-8,12,16,20H,5-6,9-11,13-15,27H2,1-4H3,(H,23,26). The first kappa shape index (κ1) is 21.9. The molecule has 5 heteroatoms. The van der Waals surface area contributed by atoms with Crippen molar-refractivity contribution < 1.29 is 4.79 Å². The van der Waals surface area contributed by atoms with Gasteiger partial charge >= 0.3 is 0 Å². The van der Waals surface area contributed by atoms with E-state index >= 15 is 0 Å². The molecule has 1 aliphatic heterocycles. The van der Waals surface area contributed by atoms with Crippen LogP contribution < -0.4 is 10.6 Å². The number of nitrogens with one attached hydrogen (secondary N) is 1. The number of benzene rings is 1. The first-order valence-electron chi connectivity index (χ1n) is 10.1. The summed E-state index contributed by atoms with van der Waals surface area (Å²) in [6.45, 7) is 17.9. The quantitative estimate of drug-likeness (QED) is 0.659. The molecule has 4 nitrogen and oxygen atoms in total. The van der Waals surface area contributed by atoms with Gasteiger partial charge in [-0.2, -0.15) is 0 Å². The Morgan fingerprint density at radius 1 is 1.44 bits per heavy atom. The van der Waals surface area contributed by atoms with Gasteiger partial charge in [-0.1, -0.05) is 33.4 Å². The summed E-state index contributed by atoms with van der Waals surface area (Å²) < 4.78 is 0. The molecule has 0 aliphatic carbocycles. The molecule has 1 aliphatic rings. The molecular formula is C22H36N3OP. The van der Waals surface area contributed by atoms with E-state index in [0.717, 1.165) is 37.2 Å². The van der Waals surface area contributed by atoms with Gasteiger partial charge in [-0.25, -0.2) is 0 Å². The lowest BCUT2D eigenvalue weighted by Gasteiger charge is -2.30. The molecular weight excluding hydrogens is 353 g/mol. The Morgan fingerprint density at radius 2 is 2.19 bits per heavy atom. The van der Waals surface area contributed by atoms with Crippen molar-refractivity contribution in [2.24, 2.45) is 5.92 Å². The van der Waals surface area contributed by atoms with Crippen molar-refractivity contribution in [1.82, 2.24) is 15.1 Å². The van der Waals surface area contributed by atoms with Crippen molar-refractivity contribution in [2.75, 3.05) is 32.7 Å². The average Bonchev–Trinajstić information content (AvgIpc) is 3.11. The average molecular weight is 390 g/mol. The molecule has 0 saturated carbocycles. The van der Waals surface area contributed by atoms with Gasteiger partial charge in [-0.15, -0.1) is 9.24 Å². The number of nitrogens with zero attached hydrogens (tertiary/aromatic N) is 2. The zero-order valence-electron chi connectivity index (χ0n) is 17.4. The van der Waals surface area contributed by atoms with Crippen LogP contribution in [0.15, 0.2) is 30.5 Å². The number of carbonyl (C=O) groups is 1. The fraction of sp³-hybridized carbons (Fsp3) is 0.591. The zero-order chi connectivity index (χ0) is 20.0. The first-order valence-corrected chi connectivity index (χ1v) is 10.7. The maximum Gasteiger partial charge on any atom is 0.251 e. The number of carbonyl (C=O) groups excluding carboxylic acids is 1. The maximum absolute atomic E-state index is 12.4. The maximum atomic E-state index is 12.4. The third kappa shape index (κ3) is 6.33. The van der Waals surface area contributed by atoms with Gasteiger partial charge in [0.2, 0.25) is 0 Å². The largest absolute Gasteiger partial charge is 0.372 e. The van der Waals surface area contributed by atoms with E-state index in [-0.39, 0.29) is 5.91 Å². The van der Waals surface area contributed by atoms with E-state index in [4.69, 9.17) is 0 Å². The van der Waals surface area contributed by atoms with Crippen molar-refractivity contribution in [3.05, 3.63) is 41.6 Å². The minimum Gasteiger partial charge on any atom is -0.372 e. The Kier molecular flexibility index (Phi) is 8.31. The molecule has 2 atom stereocenters. The second kappa shape index (κ2) is 10.2. The van der Waals surface area contributed by atoms with Gasteiger partial charge in [0.1, 0.15) is 0 Å². The monoisotopic (exact) mass is 389 g/mol. The summed E-state index contributed by atoms with van der Waals surface area (Å²) >= 11 is 0. The fourth-order valence-corrected chi connectivity index (χ4v) is 3.96. The normalized spacial score (nSPS) is 17.0. The van der Waals surface area contributed by atoms with Crippen molar-refractivity contribution in [2.45, 2.75) is 46.6 Å². The van der Waals surface area contributed by atoms with Gasteiger partial charge in [-0.05, 0) is 55.2 Å². The molecule has 1 aromatic carbocycles. The Morgan fingerprint density at radius 3 is 2.81 bits per heavy atom. The van der Waals surface area contributed by atoms with Crippen LogP contribution in [-0.2, 0) is 0 Å². The molecule has 0 radical (unpaired) electrons. The zero-order valence-corrected chi connectivity index (χ0v) is 18.6. The minimum atomic E-state index is -0.0389. The summed E-state index contributed by atoms with van der Waals surface area (Å²) in [6, 6.07) is 6.37.